The van der Waals surface area contributed by atoms with E-state index in [1.807, 2.05) is 12.4 Å². The van der Waals surface area contributed by atoms with Gasteiger partial charge in [0.25, 0.3) is 0 Å². The van der Waals surface area contributed by atoms with Crippen LogP contribution in [0.1, 0.15) is 37.3 Å². The Labute approximate surface area is 84.4 Å². The molecule has 0 spiro atoms. The van der Waals surface area contributed by atoms with Crippen molar-refractivity contribution in [2.45, 2.75) is 33.1 Å². The Hall–Kier alpha value is -1.31. The number of fused-ring (bicyclic) bond motifs is 1. The molecule has 0 amide bonds. The predicted molar refractivity (Wildman–Crippen MR) is 59.5 cm³/mol. The lowest BCUT2D eigenvalue weighted by Gasteiger charge is -2.12. The molecule has 2 heteroatoms. The number of nitrogens with zero attached hydrogens (tertiary/aromatic N) is 1. The van der Waals surface area contributed by atoms with Crippen LogP contribution >= 0.6 is 0 Å². The van der Waals surface area contributed by atoms with Crippen molar-refractivity contribution in [2.75, 3.05) is 0 Å². The Bertz CT molecular complexity index is 443. The van der Waals surface area contributed by atoms with E-state index in [2.05, 4.69) is 36.8 Å². The minimum Gasteiger partial charge on any atom is -0.346 e. The highest BCUT2D eigenvalue weighted by atomic mass is 14.8. The maximum atomic E-state index is 4.42. The highest BCUT2D eigenvalue weighted by Crippen LogP contribution is 2.26. The van der Waals surface area contributed by atoms with Crippen LogP contribution in [0.15, 0.2) is 18.5 Å². The van der Waals surface area contributed by atoms with Gasteiger partial charge in [0.15, 0.2) is 0 Å². The summed E-state index contributed by atoms with van der Waals surface area (Å²) in [7, 11) is 0. The SMILES string of the molecule is CCC(C)c1cnc2[nH]ccc2c1C. The monoisotopic (exact) mass is 188 g/mol. The molecule has 1 atom stereocenters. The first kappa shape index (κ1) is 9.25. The van der Waals surface area contributed by atoms with Gasteiger partial charge in [-0.15, -0.1) is 0 Å². The van der Waals surface area contributed by atoms with Crippen LogP contribution in [0.3, 0.4) is 0 Å². The Morgan fingerprint density at radius 1 is 1.50 bits per heavy atom. The molecule has 0 aliphatic carbocycles. The average Bonchev–Trinajstić information content (AvgIpc) is 2.66. The zero-order valence-electron chi connectivity index (χ0n) is 8.96. The highest BCUT2D eigenvalue weighted by Gasteiger charge is 2.10. The molecule has 0 fully saturated rings. The van der Waals surface area contributed by atoms with E-state index < -0.39 is 0 Å². The van der Waals surface area contributed by atoms with Crippen molar-refractivity contribution < 1.29 is 0 Å². The Kier molecular flexibility index (Phi) is 2.28. The van der Waals surface area contributed by atoms with Crippen LogP contribution in [0.2, 0.25) is 0 Å². The molecule has 2 rings (SSSR count). The highest BCUT2D eigenvalue weighted by molar-refractivity contribution is 5.80. The summed E-state index contributed by atoms with van der Waals surface area (Å²) in [5.74, 6) is 0.599. The molecule has 0 saturated carbocycles. The van der Waals surface area contributed by atoms with Crippen LogP contribution in [0.25, 0.3) is 11.0 Å². The number of aromatic nitrogens is 2. The van der Waals surface area contributed by atoms with E-state index in [1.165, 1.54) is 22.9 Å². The van der Waals surface area contributed by atoms with E-state index in [0.717, 1.165) is 5.65 Å². The van der Waals surface area contributed by atoms with Gasteiger partial charge < -0.3 is 4.98 Å². The molecule has 0 bridgehead atoms. The van der Waals surface area contributed by atoms with Gasteiger partial charge >= 0.3 is 0 Å². The first-order chi connectivity index (χ1) is 6.74. The third-order valence-corrected chi connectivity index (χ3v) is 3.04. The summed E-state index contributed by atoms with van der Waals surface area (Å²) < 4.78 is 0. The summed E-state index contributed by atoms with van der Waals surface area (Å²) >= 11 is 0. The maximum absolute atomic E-state index is 4.42. The Balaban J connectivity index is 2.61. The minimum atomic E-state index is 0.599. The lowest BCUT2D eigenvalue weighted by Crippen LogP contribution is -1.96. The molecule has 2 aromatic rings. The van der Waals surface area contributed by atoms with Crippen molar-refractivity contribution in [3.63, 3.8) is 0 Å². The van der Waals surface area contributed by atoms with Crippen LogP contribution in [0.5, 0.6) is 0 Å². The number of nitrogens with one attached hydrogen (secondary N) is 1. The van der Waals surface area contributed by atoms with E-state index in [9.17, 15) is 0 Å². The van der Waals surface area contributed by atoms with Crippen LogP contribution in [-0.2, 0) is 0 Å². The van der Waals surface area contributed by atoms with Gasteiger partial charge in [-0.25, -0.2) is 4.98 Å². The van der Waals surface area contributed by atoms with Gasteiger partial charge in [-0.3, -0.25) is 0 Å². The third kappa shape index (κ3) is 1.31. The third-order valence-electron chi connectivity index (χ3n) is 3.04. The molecule has 0 aliphatic rings. The second-order valence-corrected chi connectivity index (χ2v) is 3.89. The average molecular weight is 188 g/mol. The van der Waals surface area contributed by atoms with Crippen molar-refractivity contribution in [3.8, 4) is 0 Å². The van der Waals surface area contributed by atoms with Crippen molar-refractivity contribution in [3.05, 3.63) is 29.6 Å². The number of H-pyrrole nitrogens is 1. The zero-order valence-corrected chi connectivity index (χ0v) is 8.96. The quantitative estimate of drug-likeness (QED) is 0.769. The fourth-order valence-electron chi connectivity index (χ4n) is 1.87. The minimum absolute atomic E-state index is 0.599. The molecule has 74 valence electrons. The molecule has 2 nitrogen and oxygen atoms in total. The molecule has 1 N–H and O–H groups in total. The summed E-state index contributed by atoms with van der Waals surface area (Å²) in [4.78, 5) is 7.55. The number of aryl methyl sites for hydroxylation is 1. The lowest BCUT2D eigenvalue weighted by molar-refractivity contribution is 0.726. The smallest absolute Gasteiger partial charge is 0.137 e. The normalized spacial score (nSPS) is 13.4. The fraction of sp³-hybridized carbons (Fsp3) is 0.417. The van der Waals surface area contributed by atoms with Crippen LogP contribution in [0.4, 0.5) is 0 Å². The molecule has 0 aliphatic heterocycles. The van der Waals surface area contributed by atoms with Crippen LogP contribution in [-0.4, -0.2) is 9.97 Å². The van der Waals surface area contributed by atoms with Crippen molar-refractivity contribution in [1.29, 1.82) is 0 Å². The molecule has 2 aromatic heterocycles. The zero-order chi connectivity index (χ0) is 10.1. The van der Waals surface area contributed by atoms with E-state index in [1.54, 1.807) is 0 Å². The standard InChI is InChI=1S/C12H16N2/c1-4-8(2)11-7-14-12-10(9(11)3)5-6-13-12/h5-8H,4H2,1-3H3,(H,13,14). The Morgan fingerprint density at radius 3 is 3.00 bits per heavy atom. The van der Waals surface area contributed by atoms with Gasteiger partial charge in [-0.2, -0.15) is 0 Å². The summed E-state index contributed by atoms with van der Waals surface area (Å²) in [5, 5.41) is 1.25. The number of rotatable bonds is 2. The number of hydrogen-bond donors (Lipinski definition) is 1. The van der Waals surface area contributed by atoms with E-state index >= 15 is 0 Å². The largest absolute Gasteiger partial charge is 0.346 e. The van der Waals surface area contributed by atoms with Crippen LogP contribution in [0, 0.1) is 6.92 Å². The molecule has 0 radical (unpaired) electrons. The van der Waals surface area contributed by atoms with Crippen LogP contribution < -0.4 is 0 Å². The fourth-order valence-corrected chi connectivity index (χ4v) is 1.87. The molecule has 0 saturated heterocycles. The second-order valence-electron chi connectivity index (χ2n) is 3.89. The first-order valence-electron chi connectivity index (χ1n) is 5.16. The number of aromatic amines is 1. The number of pyridine rings is 1. The number of hydrogen-bond acceptors (Lipinski definition) is 1. The van der Waals surface area contributed by atoms with E-state index in [-0.39, 0.29) is 0 Å². The Morgan fingerprint density at radius 2 is 2.29 bits per heavy atom. The predicted octanol–water partition coefficient (Wildman–Crippen LogP) is 3.38. The molecule has 2 heterocycles. The van der Waals surface area contributed by atoms with Gasteiger partial charge in [0, 0.05) is 17.8 Å². The van der Waals surface area contributed by atoms with Crippen molar-refractivity contribution in [2.24, 2.45) is 0 Å². The van der Waals surface area contributed by atoms with Gasteiger partial charge in [-0.1, -0.05) is 13.8 Å². The van der Waals surface area contributed by atoms with Crippen molar-refractivity contribution in [1.82, 2.24) is 9.97 Å². The van der Waals surface area contributed by atoms with Gasteiger partial charge in [0.1, 0.15) is 5.65 Å². The molecule has 14 heavy (non-hydrogen) atoms. The van der Waals surface area contributed by atoms with Gasteiger partial charge in [0.05, 0.1) is 0 Å². The molecule has 0 aromatic carbocycles. The topological polar surface area (TPSA) is 28.7 Å². The van der Waals surface area contributed by atoms with E-state index in [4.69, 9.17) is 0 Å². The van der Waals surface area contributed by atoms with E-state index in [0.29, 0.717) is 5.92 Å². The summed E-state index contributed by atoms with van der Waals surface area (Å²) in [6, 6.07) is 2.10. The van der Waals surface area contributed by atoms with Gasteiger partial charge in [-0.05, 0) is 36.5 Å². The molecular formula is C12H16N2. The summed E-state index contributed by atoms with van der Waals surface area (Å²) in [6.07, 6.45) is 5.12. The summed E-state index contributed by atoms with van der Waals surface area (Å²) in [5.41, 5.74) is 3.74. The summed E-state index contributed by atoms with van der Waals surface area (Å²) in [6.45, 7) is 6.65. The maximum Gasteiger partial charge on any atom is 0.137 e. The molecular weight excluding hydrogens is 172 g/mol. The second kappa shape index (κ2) is 3.45. The van der Waals surface area contributed by atoms with Gasteiger partial charge in [0.2, 0.25) is 0 Å². The lowest BCUT2D eigenvalue weighted by atomic mass is 9.95. The first-order valence-corrected chi connectivity index (χ1v) is 5.16. The van der Waals surface area contributed by atoms with Crippen molar-refractivity contribution >= 4 is 11.0 Å². The molecule has 1 unspecified atom stereocenters.